The Bertz CT molecular complexity index is 1150. The Kier molecular flexibility index (Phi) is 13.0. The summed E-state index contributed by atoms with van der Waals surface area (Å²) < 4.78 is 0. The van der Waals surface area contributed by atoms with E-state index in [2.05, 4.69) is 45.2 Å². The number of carbonyl (C=O) groups is 4. The molecule has 10 heteroatoms. The lowest BCUT2D eigenvalue weighted by atomic mass is 9.82. The lowest BCUT2D eigenvalue weighted by Gasteiger charge is -2.23. The zero-order valence-corrected chi connectivity index (χ0v) is 25.5. The summed E-state index contributed by atoms with van der Waals surface area (Å²) in [5, 5.41) is 12.4. The molecule has 42 heavy (non-hydrogen) atoms. The number of nitrogens with one attached hydrogen (secondary N) is 4. The van der Waals surface area contributed by atoms with Crippen LogP contribution >= 0.6 is 0 Å². The van der Waals surface area contributed by atoms with Gasteiger partial charge < -0.3 is 31.1 Å². The van der Waals surface area contributed by atoms with Crippen LogP contribution in [-0.2, 0) is 9.59 Å². The van der Waals surface area contributed by atoms with Gasteiger partial charge in [-0.2, -0.15) is 0 Å². The summed E-state index contributed by atoms with van der Waals surface area (Å²) in [4.78, 5) is 53.7. The Labute approximate surface area is 249 Å². The third kappa shape index (κ3) is 9.66. The molecule has 0 aromatic heterocycles. The van der Waals surface area contributed by atoms with Gasteiger partial charge in [0.05, 0.1) is 11.1 Å². The maximum absolute atomic E-state index is 13.7. The quantitative estimate of drug-likeness (QED) is 0.170. The number of carbonyl (C=O) groups excluding carboxylic acids is 4. The van der Waals surface area contributed by atoms with Crippen LogP contribution in [0.5, 0.6) is 0 Å². The number of nitrogens with zero attached hydrogens (tertiary/aromatic N) is 2. The first-order valence-electron chi connectivity index (χ1n) is 14.9. The van der Waals surface area contributed by atoms with Gasteiger partial charge in [0.2, 0.25) is 11.8 Å². The largest absolute Gasteiger partial charge is 0.384 e. The first-order chi connectivity index (χ1) is 20.2. The fourth-order valence-electron chi connectivity index (χ4n) is 5.13. The fraction of sp³-hybridized carbons (Fsp3) is 0.500. The highest BCUT2D eigenvalue weighted by molar-refractivity contribution is 6.31. The van der Waals surface area contributed by atoms with Gasteiger partial charge in [0, 0.05) is 62.5 Å². The number of hydrogen-bond acceptors (Lipinski definition) is 8. The summed E-state index contributed by atoms with van der Waals surface area (Å²) >= 11 is 0. The van der Waals surface area contributed by atoms with E-state index in [4.69, 9.17) is 0 Å². The summed E-state index contributed by atoms with van der Waals surface area (Å²) in [5.41, 5.74) is 3.12. The maximum Gasteiger partial charge on any atom is 0.216 e. The lowest BCUT2D eigenvalue weighted by Crippen LogP contribution is -2.28. The van der Waals surface area contributed by atoms with E-state index in [1.54, 1.807) is 12.1 Å². The number of ketones is 2. The Morgan fingerprint density at radius 2 is 0.952 bits per heavy atom. The smallest absolute Gasteiger partial charge is 0.216 e. The monoisotopic (exact) mass is 578 g/mol. The standard InChI is InChI=1S/C32H46N6O4/c1-23(39)33-15-7-19-37(3)21-9-17-35-27-13-5-11-25-29(27)31(41)26-12-6-14-28(30(26)32(25)42)36-18-10-22-38(4)20-8-16-34-24(2)40/h5-6,11-14,35-36H,7-10,15-22H2,1-4H3,(H,33,39)(H,34,40). The average Bonchev–Trinajstić information content (AvgIpc) is 2.96. The number of rotatable bonds is 18. The van der Waals surface area contributed by atoms with Crippen molar-refractivity contribution in [3.8, 4) is 0 Å². The molecule has 2 aromatic carbocycles. The molecular weight excluding hydrogens is 532 g/mol. The Hall–Kier alpha value is -3.76. The predicted octanol–water partition coefficient (Wildman–Crippen LogP) is 2.98. The third-order valence-corrected chi connectivity index (χ3v) is 7.32. The minimum absolute atomic E-state index is 0.0110. The molecule has 0 heterocycles. The number of fused-ring (bicyclic) bond motifs is 2. The molecule has 1 aliphatic rings. The van der Waals surface area contributed by atoms with E-state index in [9.17, 15) is 19.2 Å². The van der Waals surface area contributed by atoms with Crippen LogP contribution in [0.25, 0.3) is 0 Å². The van der Waals surface area contributed by atoms with E-state index in [0.29, 0.717) is 59.8 Å². The highest BCUT2D eigenvalue weighted by atomic mass is 16.2. The van der Waals surface area contributed by atoms with Crippen molar-refractivity contribution in [3.05, 3.63) is 58.7 Å². The summed E-state index contributed by atoms with van der Waals surface area (Å²) in [7, 11) is 4.11. The van der Waals surface area contributed by atoms with E-state index in [1.807, 2.05) is 24.3 Å². The molecule has 10 nitrogen and oxygen atoms in total. The van der Waals surface area contributed by atoms with Crippen LogP contribution in [0.15, 0.2) is 36.4 Å². The van der Waals surface area contributed by atoms with Crippen molar-refractivity contribution < 1.29 is 19.2 Å². The molecule has 1 aliphatic carbocycles. The van der Waals surface area contributed by atoms with Crippen molar-refractivity contribution in [3.63, 3.8) is 0 Å². The van der Waals surface area contributed by atoms with Crippen LogP contribution in [0.3, 0.4) is 0 Å². The fourth-order valence-corrected chi connectivity index (χ4v) is 5.13. The van der Waals surface area contributed by atoms with Crippen molar-refractivity contribution in [2.45, 2.75) is 39.5 Å². The molecule has 0 fully saturated rings. The van der Waals surface area contributed by atoms with Crippen molar-refractivity contribution in [2.75, 3.05) is 77.1 Å². The molecule has 0 unspecified atom stereocenters. The molecule has 0 spiro atoms. The van der Waals surface area contributed by atoms with Crippen LogP contribution in [0, 0.1) is 0 Å². The van der Waals surface area contributed by atoms with Crippen LogP contribution in [0.2, 0.25) is 0 Å². The number of benzene rings is 2. The summed E-state index contributed by atoms with van der Waals surface area (Å²) in [6, 6.07) is 10.8. The second-order valence-electron chi connectivity index (χ2n) is 11.0. The summed E-state index contributed by atoms with van der Waals surface area (Å²) in [6.45, 7) is 9.25. The van der Waals surface area contributed by atoms with E-state index < -0.39 is 0 Å². The number of anilines is 2. The Balaban J connectivity index is 1.54. The van der Waals surface area contributed by atoms with Gasteiger partial charge in [-0.3, -0.25) is 19.2 Å². The first kappa shape index (κ1) is 32.8. The third-order valence-electron chi connectivity index (χ3n) is 7.32. The normalized spacial score (nSPS) is 12.2. The van der Waals surface area contributed by atoms with E-state index >= 15 is 0 Å². The highest BCUT2D eigenvalue weighted by Gasteiger charge is 2.33. The van der Waals surface area contributed by atoms with Gasteiger partial charge in [-0.15, -0.1) is 0 Å². The molecule has 0 aliphatic heterocycles. The zero-order chi connectivity index (χ0) is 30.5. The van der Waals surface area contributed by atoms with Gasteiger partial charge in [-0.25, -0.2) is 0 Å². The predicted molar refractivity (Wildman–Crippen MR) is 168 cm³/mol. The van der Waals surface area contributed by atoms with Gasteiger partial charge in [0.1, 0.15) is 0 Å². The van der Waals surface area contributed by atoms with Crippen LogP contribution in [-0.4, -0.2) is 99.6 Å². The molecule has 2 aromatic rings. The Morgan fingerprint density at radius 3 is 1.31 bits per heavy atom. The number of hydrogen-bond donors (Lipinski definition) is 4. The van der Waals surface area contributed by atoms with E-state index in [0.717, 1.165) is 51.9 Å². The van der Waals surface area contributed by atoms with Crippen LogP contribution in [0.1, 0.15) is 71.4 Å². The van der Waals surface area contributed by atoms with Crippen LogP contribution in [0.4, 0.5) is 11.4 Å². The molecule has 0 atom stereocenters. The molecule has 3 rings (SSSR count). The molecule has 228 valence electrons. The topological polar surface area (TPSA) is 123 Å². The minimum Gasteiger partial charge on any atom is -0.384 e. The molecule has 0 saturated heterocycles. The SMILES string of the molecule is CC(=O)NCCCN(C)CCCNc1cccc2c1C(=O)c1cccc(NCCCN(C)CCCNC(C)=O)c1C2=O. The summed E-state index contributed by atoms with van der Waals surface area (Å²) in [6.07, 6.45) is 3.52. The minimum atomic E-state index is -0.139. The van der Waals surface area contributed by atoms with Crippen molar-refractivity contribution in [1.29, 1.82) is 0 Å². The Morgan fingerprint density at radius 1 is 0.595 bits per heavy atom. The summed E-state index contributed by atoms with van der Waals surface area (Å²) in [5.74, 6) is -0.299. The lowest BCUT2D eigenvalue weighted by molar-refractivity contribution is -0.119. The second-order valence-corrected chi connectivity index (χ2v) is 11.0. The molecule has 0 radical (unpaired) electrons. The second kappa shape index (κ2) is 16.6. The molecule has 2 amide bonds. The van der Waals surface area contributed by atoms with Gasteiger partial charge >= 0.3 is 0 Å². The average molecular weight is 579 g/mol. The van der Waals surface area contributed by atoms with Gasteiger partial charge in [0.25, 0.3) is 0 Å². The van der Waals surface area contributed by atoms with Crippen molar-refractivity contribution in [2.24, 2.45) is 0 Å². The van der Waals surface area contributed by atoms with E-state index in [1.165, 1.54) is 13.8 Å². The van der Waals surface area contributed by atoms with Crippen LogP contribution < -0.4 is 21.3 Å². The molecule has 0 saturated carbocycles. The van der Waals surface area contributed by atoms with Gasteiger partial charge in [-0.05, 0) is 78.1 Å². The maximum atomic E-state index is 13.7. The van der Waals surface area contributed by atoms with Crippen molar-refractivity contribution in [1.82, 2.24) is 20.4 Å². The molecular formula is C32H46N6O4. The first-order valence-corrected chi connectivity index (χ1v) is 14.9. The van der Waals surface area contributed by atoms with Gasteiger partial charge in [-0.1, -0.05) is 24.3 Å². The molecule has 0 bridgehead atoms. The number of amides is 2. The van der Waals surface area contributed by atoms with Crippen molar-refractivity contribution >= 4 is 34.8 Å². The zero-order valence-electron chi connectivity index (χ0n) is 25.5. The van der Waals surface area contributed by atoms with E-state index in [-0.39, 0.29) is 23.4 Å². The molecule has 4 N–H and O–H groups in total. The highest BCUT2D eigenvalue weighted by Crippen LogP contribution is 2.35. The van der Waals surface area contributed by atoms with Gasteiger partial charge in [0.15, 0.2) is 11.6 Å².